The van der Waals surface area contributed by atoms with Crippen molar-refractivity contribution in [3.05, 3.63) is 24.3 Å². The van der Waals surface area contributed by atoms with E-state index in [1.807, 2.05) is 13.8 Å². The first kappa shape index (κ1) is 25.4. The molecule has 35 heavy (non-hydrogen) atoms. The number of ether oxygens (including phenoxy) is 2. The highest BCUT2D eigenvalue weighted by Gasteiger charge is 2.79. The largest absolute Gasteiger partial charge is 0.497 e. The summed E-state index contributed by atoms with van der Waals surface area (Å²) in [6, 6.07) is 6.20. The highest BCUT2D eigenvalue weighted by Crippen LogP contribution is 2.65. The zero-order valence-electron chi connectivity index (χ0n) is 21.0. The summed E-state index contributed by atoms with van der Waals surface area (Å²) in [4.78, 5) is 42.3. The number of aliphatic hydroxyl groups excluding tert-OH is 1. The van der Waals surface area contributed by atoms with Crippen molar-refractivity contribution in [3.8, 4) is 5.75 Å². The molecule has 0 aliphatic carbocycles. The number of hydrogen-bond acceptors (Lipinski definition) is 6. The van der Waals surface area contributed by atoms with Crippen LogP contribution in [0.4, 0.5) is 5.69 Å². The van der Waals surface area contributed by atoms with Crippen molar-refractivity contribution in [1.82, 2.24) is 10.2 Å². The molecule has 3 aliphatic heterocycles. The van der Waals surface area contributed by atoms with Gasteiger partial charge in [-0.1, -0.05) is 19.8 Å². The first-order chi connectivity index (χ1) is 16.7. The molecule has 3 fully saturated rings. The van der Waals surface area contributed by atoms with Crippen molar-refractivity contribution in [2.45, 2.75) is 63.2 Å². The lowest BCUT2D eigenvalue weighted by Gasteiger charge is -2.36. The number of likely N-dealkylation sites (tertiary alicyclic amines) is 1. The molecule has 0 saturated carbocycles. The summed E-state index contributed by atoms with van der Waals surface area (Å²) < 4.78 is 11.8. The molecule has 2 bridgehead atoms. The molecule has 0 radical (unpaired) electrons. The topological polar surface area (TPSA) is 117 Å². The fourth-order valence-electron chi connectivity index (χ4n) is 6.47. The van der Waals surface area contributed by atoms with Gasteiger partial charge in [0.2, 0.25) is 17.7 Å². The SMILES string of the molecule is CNC(=O)[C@H]1[C@H]2C(=O)N(CCCCCCO)C(C(=O)Nc3ccc(OC)cc3)C23CC(C)[C@]1(C)O3. The zero-order valence-corrected chi connectivity index (χ0v) is 21.0. The lowest BCUT2D eigenvalue weighted by molar-refractivity contribution is -0.146. The van der Waals surface area contributed by atoms with Crippen LogP contribution in [0.3, 0.4) is 0 Å². The van der Waals surface area contributed by atoms with Gasteiger partial charge in [0, 0.05) is 25.9 Å². The van der Waals surface area contributed by atoms with E-state index >= 15 is 0 Å². The molecule has 1 aromatic carbocycles. The van der Waals surface area contributed by atoms with Crippen LogP contribution in [0, 0.1) is 17.8 Å². The van der Waals surface area contributed by atoms with E-state index in [1.54, 1.807) is 43.3 Å². The Morgan fingerprint density at radius 3 is 2.49 bits per heavy atom. The van der Waals surface area contributed by atoms with E-state index in [-0.39, 0.29) is 30.2 Å². The van der Waals surface area contributed by atoms with Gasteiger partial charge in [0.25, 0.3) is 0 Å². The van der Waals surface area contributed by atoms with Crippen LogP contribution in [-0.4, -0.2) is 72.3 Å². The number of methoxy groups -OCH3 is 1. The second-order valence-electron chi connectivity index (χ2n) is 10.2. The van der Waals surface area contributed by atoms with Crippen molar-refractivity contribution in [2.24, 2.45) is 17.8 Å². The predicted molar refractivity (Wildman–Crippen MR) is 130 cm³/mol. The molecule has 3 amide bonds. The molecule has 6 atom stereocenters. The van der Waals surface area contributed by atoms with E-state index in [0.717, 1.165) is 12.8 Å². The fourth-order valence-corrected chi connectivity index (χ4v) is 6.47. The average molecular weight is 488 g/mol. The fraction of sp³-hybridized carbons (Fsp3) is 0.654. The van der Waals surface area contributed by atoms with Gasteiger partial charge in [-0.15, -0.1) is 0 Å². The molecule has 9 nitrogen and oxygen atoms in total. The Morgan fingerprint density at radius 1 is 1.17 bits per heavy atom. The van der Waals surface area contributed by atoms with Gasteiger partial charge in [0.1, 0.15) is 17.4 Å². The monoisotopic (exact) mass is 487 g/mol. The first-order valence-corrected chi connectivity index (χ1v) is 12.5. The quantitative estimate of drug-likeness (QED) is 0.434. The van der Waals surface area contributed by atoms with Gasteiger partial charge in [0.15, 0.2) is 0 Å². The lowest BCUT2D eigenvalue weighted by Crippen LogP contribution is -2.54. The summed E-state index contributed by atoms with van der Waals surface area (Å²) in [6.45, 7) is 4.47. The van der Waals surface area contributed by atoms with Crippen LogP contribution in [0.15, 0.2) is 24.3 Å². The number of carbonyl (C=O) groups is 3. The molecule has 3 unspecified atom stereocenters. The molecule has 1 spiro atoms. The molecule has 9 heteroatoms. The van der Waals surface area contributed by atoms with Crippen LogP contribution < -0.4 is 15.4 Å². The van der Waals surface area contributed by atoms with Gasteiger partial charge < -0.3 is 30.1 Å². The van der Waals surface area contributed by atoms with E-state index in [1.165, 1.54) is 0 Å². The van der Waals surface area contributed by atoms with E-state index in [2.05, 4.69) is 10.6 Å². The van der Waals surface area contributed by atoms with Gasteiger partial charge in [0.05, 0.1) is 24.5 Å². The third-order valence-corrected chi connectivity index (χ3v) is 8.26. The number of aliphatic hydroxyl groups is 1. The number of rotatable bonds is 10. The molecule has 3 N–H and O–H groups in total. The Balaban J connectivity index is 1.66. The molecule has 0 aromatic heterocycles. The Hall–Kier alpha value is -2.65. The minimum absolute atomic E-state index is 0.00893. The van der Waals surface area contributed by atoms with E-state index in [0.29, 0.717) is 37.2 Å². The molecular weight excluding hydrogens is 450 g/mol. The first-order valence-electron chi connectivity index (χ1n) is 12.5. The van der Waals surface area contributed by atoms with Crippen molar-refractivity contribution in [3.63, 3.8) is 0 Å². The summed E-state index contributed by atoms with van der Waals surface area (Å²) in [5.41, 5.74) is -1.27. The highest BCUT2D eigenvalue weighted by atomic mass is 16.5. The average Bonchev–Trinajstić information content (AvgIpc) is 3.35. The Morgan fingerprint density at radius 2 is 1.86 bits per heavy atom. The number of carbonyl (C=O) groups excluding carboxylic acids is 3. The maximum atomic E-state index is 13.9. The maximum Gasteiger partial charge on any atom is 0.250 e. The van der Waals surface area contributed by atoms with Crippen LogP contribution in [0.1, 0.15) is 46.0 Å². The van der Waals surface area contributed by atoms with Crippen LogP contribution in [0.2, 0.25) is 0 Å². The van der Waals surface area contributed by atoms with Gasteiger partial charge in [-0.05, 0) is 56.4 Å². The zero-order chi connectivity index (χ0) is 25.4. The van der Waals surface area contributed by atoms with Crippen LogP contribution >= 0.6 is 0 Å². The van der Waals surface area contributed by atoms with Gasteiger partial charge in [-0.2, -0.15) is 0 Å². The lowest BCUT2D eigenvalue weighted by atomic mass is 9.62. The standard InChI is InChI=1S/C26H37N3O6/c1-16-15-26-20(19(22(31)27-3)25(16,2)35-26)24(33)29(13-7-5-6-8-14-30)21(26)23(32)28-17-9-11-18(34-4)12-10-17/h9-12,16,19-21,30H,5-8,13-15H2,1-4H3,(H,27,31)(H,28,32)/t16?,19-,20+,21?,25+,26?/m1/s1. The third kappa shape index (κ3) is 4.08. The van der Waals surface area contributed by atoms with Crippen LogP contribution in [0.5, 0.6) is 5.75 Å². The normalized spacial score (nSPS) is 33.1. The van der Waals surface area contributed by atoms with Crippen molar-refractivity contribution < 1.29 is 29.0 Å². The number of anilines is 1. The predicted octanol–water partition coefficient (Wildman–Crippen LogP) is 1.94. The number of unbranched alkanes of at least 4 members (excludes halogenated alkanes) is 3. The van der Waals surface area contributed by atoms with Gasteiger partial charge in [-0.3, -0.25) is 14.4 Å². The molecular formula is C26H37N3O6. The molecule has 1 aromatic rings. The van der Waals surface area contributed by atoms with E-state index in [9.17, 15) is 14.4 Å². The van der Waals surface area contributed by atoms with Crippen LogP contribution in [-0.2, 0) is 19.1 Å². The van der Waals surface area contributed by atoms with E-state index < -0.39 is 29.1 Å². The number of amides is 3. The van der Waals surface area contributed by atoms with Gasteiger partial charge in [-0.25, -0.2) is 0 Å². The smallest absolute Gasteiger partial charge is 0.250 e. The second kappa shape index (κ2) is 9.78. The molecule has 3 aliphatic rings. The van der Waals surface area contributed by atoms with Crippen molar-refractivity contribution in [1.29, 1.82) is 0 Å². The van der Waals surface area contributed by atoms with Crippen LogP contribution in [0.25, 0.3) is 0 Å². The molecule has 4 rings (SSSR count). The summed E-state index contributed by atoms with van der Waals surface area (Å²) >= 11 is 0. The number of fused-ring (bicyclic) bond motifs is 1. The Kier molecular flexibility index (Phi) is 7.11. The Bertz CT molecular complexity index is 968. The third-order valence-electron chi connectivity index (χ3n) is 8.26. The molecule has 192 valence electrons. The molecule has 3 saturated heterocycles. The maximum absolute atomic E-state index is 13.9. The van der Waals surface area contributed by atoms with E-state index in [4.69, 9.17) is 14.6 Å². The minimum Gasteiger partial charge on any atom is -0.497 e. The summed E-state index contributed by atoms with van der Waals surface area (Å²) in [5, 5.41) is 14.7. The number of benzene rings is 1. The highest BCUT2D eigenvalue weighted by molar-refractivity contribution is 6.03. The van der Waals surface area contributed by atoms with Crippen molar-refractivity contribution >= 4 is 23.4 Å². The number of nitrogens with one attached hydrogen (secondary N) is 2. The summed E-state index contributed by atoms with van der Waals surface area (Å²) in [6.07, 6.45) is 3.64. The number of hydrogen-bond donors (Lipinski definition) is 3. The van der Waals surface area contributed by atoms with Crippen molar-refractivity contribution in [2.75, 3.05) is 32.6 Å². The summed E-state index contributed by atoms with van der Waals surface area (Å²) in [5.74, 6) is -1.39. The van der Waals surface area contributed by atoms with Gasteiger partial charge >= 0.3 is 0 Å². The Labute approximate surface area is 206 Å². The molecule has 3 heterocycles. The number of nitrogens with zero attached hydrogens (tertiary/aromatic N) is 1. The second-order valence-corrected chi connectivity index (χ2v) is 10.2. The summed E-state index contributed by atoms with van der Waals surface area (Å²) in [7, 11) is 3.15. The minimum atomic E-state index is -1.05.